The van der Waals surface area contributed by atoms with E-state index in [9.17, 15) is 0 Å². The van der Waals surface area contributed by atoms with E-state index in [1.165, 1.54) is 0 Å². The lowest BCUT2D eigenvalue weighted by atomic mass is 10.1. The minimum absolute atomic E-state index is 0.569. The van der Waals surface area contributed by atoms with E-state index in [1.54, 1.807) is 7.11 Å². The van der Waals surface area contributed by atoms with Crippen LogP contribution in [0.25, 0.3) is 0 Å². The lowest BCUT2D eigenvalue weighted by molar-refractivity contribution is 0.383. The Morgan fingerprint density at radius 2 is 1.75 bits per heavy atom. The first-order chi connectivity index (χ1) is 7.52. The van der Waals surface area contributed by atoms with Crippen LogP contribution in [0.3, 0.4) is 0 Å². The summed E-state index contributed by atoms with van der Waals surface area (Å²) in [6, 6.07) is 0. The number of methoxy groups -OCH3 is 1. The Kier molecular flexibility index (Phi) is 4.71. The monoisotopic (exact) mass is 222 g/mol. The standard InChI is InChI=1S/C13H22N2O/c1-9(2)6-11-8-14-12(7-10(3)4)13(15-11)16-5/h8-10H,6-7H2,1-5H3. The molecule has 0 amide bonds. The molecule has 0 aromatic carbocycles. The van der Waals surface area contributed by atoms with E-state index in [2.05, 4.69) is 37.7 Å². The largest absolute Gasteiger partial charge is 0.480 e. The molecule has 0 saturated heterocycles. The summed E-state index contributed by atoms with van der Waals surface area (Å²) in [7, 11) is 1.66. The van der Waals surface area contributed by atoms with Gasteiger partial charge in [0, 0.05) is 6.20 Å². The van der Waals surface area contributed by atoms with Crippen molar-refractivity contribution in [1.82, 2.24) is 9.97 Å². The zero-order valence-corrected chi connectivity index (χ0v) is 10.9. The number of nitrogens with zero attached hydrogens (tertiary/aromatic N) is 2. The molecule has 1 aromatic heterocycles. The van der Waals surface area contributed by atoms with Crippen LogP contribution in [0.4, 0.5) is 0 Å². The maximum atomic E-state index is 5.29. The van der Waals surface area contributed by atoms with Crippen LogP contribution in [0.2, 0.25) is 0 Å². The SMILES string of the molecule is COc1nc(CC(C)C)cnc1CC(C)C. The molecule has 0 saturated carbocycles. The van der Waals surface area contributed by atoms with E-state index in [-0.39, 0.29) is 0 Å². The molecule has 0 atom stereocenters. The predicted octanol–water partition coefficient (Wildman–Crippen LogP) is 2.88. The van der Waals surface area contributed by atoms with Gasteiger partial charge in [0.15, 0.2) is 0 Å². The molecule has 90 valence electrons. The predicted molar refractivity (Wildman–Crippen MR) is 65.7 cm³/mol. The first-order valence-corrected chi connectivity index (χ1v) is 5.91. The van der Waals surface area contributed by atoms with Crippen molar-refractivity contribution in [2.45, 2.75) is 40.5 Å². The Morgan fingerprint density at radius 1 is 1.12 bits per heavy atom. The normalized spacial score (nSPS) is 11.2. The molecule has 0 bridgehead atoms. The highest BCUT2D eigenvalue weighted by molar-refractivity contribution is 5.20. The van der Waals surface area contributed by atoms with Crippen molar-refractivity contribution in [1.29, 1.82) is 0 Å². The highest BCUT2D eigenvalue weighted by Gasteiger charge is 2.10. The maximum absolute atomic E-state index is 5.29. The molecule has 0 aliphatic heterocycles. The molecule has 16 heavy (non-hydrogen) atoms. The molecule has 0 fully saturated rings. The van der Waals surface area contributed by atoms with Crippen molar-refractivity contribution in [3.05, 3.63) is 17.6 Å². The van der Waals surface area contributed by atoms with Crippen LogP contribution in [0.1, 0.15) is 39.1 Å². The molecular formula is C13H22N2O. The minimum atomic E-state index is 0.569. The van der Waals surface area contributed by atoms with Crippen molar-refractivity contribution in [2.75, 3.05) is 7.11 Å². The quantitative estimate of drug-likeness (QED) is 0.768. The van der Waals surface area contributed by atoms with Gasteiger partial charge in [-0.2, -0.15) is 0 Å². The smallest absolute Gasteiger partial charge is 0.235 e. The molecular weight excluding hydrogens is 200 g/mol. The first kappa shape index (κ1) is 12.9. The van der Waals surface area contributed by atoms with Crippen molar-refractivity contribution in [3.8, 4) is 5.88 Å². The average Bonchev–Trinajstić information content (AvgIpc) is 2.18. The van der Waals surface area contributed by atoms with Gasteiger partial charge in [-0.3, -0.25) is 4.98 Å². The molecule has 1 rings (SSSR count). The van der Waals surface area contributed by atoms with Crippen LogP contribution < -0.4 is 4.74 Å². The first-order valence-electron chi connectivity index (χ1n) is 5.91. The van der Waals surface area contributed by atoms with Gasteiger partial charge in [-0.15, -0.1) is 0 Å². The molecule has 1 heterocycles. The van der Waals surface area contributed by atoms with Gasteiger partial charge in [0.25, 0.3) is 0 Å². The van der Waals surface area contributed by atoms with Gasteiger partial charge in [-0.25, -0.2) is 4.98 Å². The molecule has 3 nitrogen and oxygen atoms in total. The zero-order chi connectivity index (χ0) is 12.1. The summed E-state index contributed by atoms with van der Waals surface area (Å²) in [5, 5.41) is 0. The van der Waals surface area contributed by atoms with Gasteiger partial charge in [-0.1, -0.05) is 27.7 Å². The van der Waals surface area contributed by atoms with Gasteiger partial charge in [-0.05, 0) is 24.7 Å². The maximum Gasteiger partial charge on any atom is 0.235 e. The fourth-order valence-corrected chi connectivity index (χ4v) is 1.64. The third-order valence-corrected chi connectivity index (χ3v) is 2.27. The lowest BCUT2D eigenvalue weighted by Crippen LogP contribution is -2.06. The van der Waals surface area contributed by atoms with E-state index in [4.69, 9.17) is 4.74 Å². The van der Waals surface area contributed by atoms with Gasteiger partial charge in [0.1, 0.15) is 5.69 Å². The summed E-state index contributed by atoms with van der Waals surface area (Å²) in [6.45, 7) is 8.69. The van der Waals surface area contributed by atoms with Crippen LogP contribution in [0, 0.1) is 11.8 Å². The summed E-state index contributed by atoms with van der Waals surface area (Å²) >= 11 is 0. The van der Waals surface area contributed by atoms with Crippen molar-refractivity contribution < 1.29 is 4.74 Å². The number of hydrogen-bond acceptors (Lipinski definition) is 3. The summed E-state index contributed by atoms with van der Waals surface area (Å²) < 4.78 is 5.29. The van der Waals surface area contributed by atoms with Crippen molar-refractivity contribution in [3.63, 3.8) is 0 Å². The molecule has 3 heteroatoms. The molecule has 0 unspecified atom stereocenters. The minimum Gasteiger partial charge on any atom is -0.480 e. The third kappa shape index (κ3) is 3.80. The third-order valence-electron chi connectivity index (χ3n) is 2.27. The number of aromatic nitrogens is 2. The van der Waals surface area contributed by atoms with E-state index < -0.39 is 0 Å². The lowest BCUT2D eigenvalue weighted by Gasteiger charge is -2.11. The van der Waals surface area contributed by atoms with E-state index in [1.807, 2.05) is 6.20 Å². The van der Waals surface area contributed by atoms with Crippen molar-refractivity contribution >= 4 is 0 Å². The summed E-state index contributed by atoms with van der Waals surface area (Å²) in [5.74, 6) is 1.85. The highest BCUT2D eigenvalue weighted by atomic mass is 16.5. The topological polar surface area (TPSA) is 35.0 Å². The second kappa shape index (κ2) is 5.83. The Bertz CT molecular complexity index is 335. The molecule has 1 aromatic rings. The second-order valence-electron chi connectivity index (χ2n) is 5.01. The fourth-order valence-electron chi connectivity index (χ4n) is 1.64. The molecule has 0 aliphatic rings. The molecule has 0 aliphatic carbocycles. The van der Waals surface area contributed by atoms with E-state index in [0.717, 1.165) is 24.2 Å². The number of ether oxygens (including phenoxy) is 1. The van der Waals surface area contributed by atoms with Crippen LogP contribution >= 0.6 is 0 Å². The average molecular weight is 222 g/mol. The van der Waals surface area contributed by atoms with E-state index in [0.29, 0.717) is 17.7 Å². The highest BCUT2D eigenvalue weighted by Crippen LogP contribution is 2.18. The Morgan fingerprint density at radius 3 is 2.25 bits per heavy atom. The summed E-state index contributed by atoms with van der Waals surface area (Å²) in [4.78, 5) is 8.95. The zero-order valence-electron chi connectivity index (χ0n) is 10.9. The Labute approximate surface area is 98.3 Å². The van der Waals surface area contributed by atoms with Crippen LogP contribution in [0.15, 0.2) is 6.20 Å². The van der Waals surface area contributed by atoms with Gasteiger partial charge in [0.2, 0.25) is 5.88 Å². The molecule has 0 N–H and O–H groups in total. The van der Waals surface area contributed by atoms with Crippen LogP contribution in [-0.4, -0.2) is 17.1 Å². The molecule has 0 spiro atoms. The number of rotatable bonds is 5. The van der Waals surface area contributed by atoms with Gasteiger partial charge >= 0.3 is 0 Å². The van der Waals surface area contributed by atoms with Crippen molar-refractivity contribution in [2.24, 2.45) is 11.8 Å². The van der Waals surface area contributed by atoms with Crippen LogP contribution in [0.5, 0.6) is 5.88 Å². The second-order valence-corrected chi connectivity index (χ2v) is 5.01. The fraction of sp³-hybridized carbons (Fsp3) is 0.692. The van der Waals surface area contributed by atoms with E-state index >= 15 is 0 Å². The number of hydrogen-bond donors (Lipinski definition) is 0. The Hall–Kier alpha value is -1.12. The Balaban J connectivity index is 2.88. The summed E-state index contributed by atoms with van der Waals surface area (Å²) in [6.07, 6.45) is 3.74. The molecule has 0 radical (unpaired) electrons. The van der Waals surface area contributed by atoms with Gasteiger partial charge < -0.3 is 4.74 Å². The van der Waals surface area contributed by atoms with Gasteiger partial charge in [0.05, 0.1) is 12.8 Å². The summed E-state index contributed by atoms with van der Waals surface area (Å²) in [5.41, 5.74) is 1.98. The van der Waals surface area contributed by atoms with Crippen LogP contribution in [-0.2, 0) is 12.8 Å².